The molecule has 1 aromatic carbocycles. The van der Waals surface area contributed by atoms with Gasteiger partial charge in [-0.25, -0.2) is 0 Å². The first-order chi connectivity index (χ1) is 11.6. The van der Waals surface area contributed by atoms with Gasteiger partial charge in [0.25, 0.3) is 0 Å². The maximum Gasteiger partial charge on any atom is 0.230 e. The fraction of sp³-hybridized carbons (Fsp3) is 0.438. The minimum absolute atomic E-state index is 0.0235. The number of methoxy groups -OCH3 is 1. The van der Waals surface area contributed by atoms with Gasteiger partial charge in [-0.1, -0.05) is 48.6 Å². The van der Waals surface area contributed by atoms with Crippen LogP contribution >= 0.6 is 23.1 Å². The molecule has 6 nitrogen and oxygen atoms in total. The molecule has 1 heterocycles. The number of carbonyl (C=O) groups is 1. The fourth-order valence-electron chi connectivity index (χ4n) is 2.13. The van der Waals surface area contributed by atoms with E-state index in [0.717, 1.165) is 28.6 Å². The number of aromatic nitrogens is 2. The van der Waals surface area contributed by atoms with Gasteiger partial charge in [-0.05, 0) is 25.5 Å². The third-order valence-electron chi connectivity index (χ3n) is 3.21. The molecule has 8 heteroatoms. The van der Waals surface area contributed by atoms with E-state index in [4.69, 9.17) is 4.74 Å². The third-order valence-corrected chi connectivity index (χ3v) is 5.18. The molecule has 130 valence electrons. The maximum absolute atomic E-state index is 11.9. The number of rotatable bonds is 9. The van der Waals surface area contributed by atoms with Gasteiger partial charge in [0.15, 0.2) is 4.34 Å². The van der Waals surface area contributed by atoms with E-state index < -0.39 is 0 Å². The number of nitrogens with zero attached hydrogens (tertiary/aromatic N) is 2. The van der Waals surface area contributed by atoms with Gasteiger partial charge in [0.05, 0.1) is 18.6 Å². The van der Waals surface area contributed by atoms with E-state index in [0.29, 0.717) is 10.9 Å². The zero-order chi connectivity index (χ0) is 17.4. The summed E-state index contributed by atoms with van der Waals surface area (Å²) in [7, 11) is 1.63. The lowest BCUT2D eigenvalue weighted by Gasteiger charge is -2.11. The highest BCUT2D eigenvalue weighted by Crippen LogP contribution is 2.31. The monoisotopic (exact) mass is 366 g/mol. The lowest BCUT2D eigenvalue weighted by atomic mass is 10.2. The minimum atomic E-state index is 0.0235. The quantitative estimate of drug-likeness (QED) is 0.659. The number of nitrogens with one attached hydrogen (secondary N) is 2. The molecule has 0 spiro atoms. The predicted octanol–water partition coefficient (Wildman–Crippen LogP) is 3.69. The summed E-state index contributed by atoms with van der Waals surface area (Å²) < 4.78 is 6.05. The molecule has 2 N–H and O–H groups in total. The van der Waals surface area contributed by atoms with Crippen molar-refractivity contribution in [3.05, 3.63) is 24.3 Å². The largest absolute Gasteiger partial charge is 0.495 e. The summed E-state index contributed by atoms with van der Waals surface area (Å²) in [6.07, 6.45) is 2.05. The summed E-state index contributed by atoms with van der Waals surface area (Å²) in [6.45, 7) is 4.13. The first-order valence-corrected chi connectivity index (χ1v) is 9.58. The van der Waals surface area contributed by atoms with E-state index in [-0.39, 0.29) is 11.9 Å². The van der Waals surface area contributed by atoms with E-state index >= 15 is 0 Å². The number of anilines is 2. The Kier molecular flexibility index (Phi) is 7.33. The summed E-state index contributed by atoms with van der Waals surface area (Å²) in [5.74, 6) is 1.11. The highest BCUT2D eigenvalue weighted by atomic mass is 32.2. The Labute approximate surface area is 150 Å². The van der Waals surface area contributed by atoms with E-state index in [2.05, 4.69) is 27.8 Å². The van der Waals surface area contributed by atoms with Crippen LogP contribution in [-0.4, -0.2) is 35.0 Å². The number of ether oxygens (including phenoxy) is 1. The lowest BCUT2D eigenvalue weighted by molar-refractivity contribution is -0.119. The molecule has 0 aliphatic carbocycles. The van der Waals surface area contributed by atoms with Crippen molar-refractivity contribution in [3.8, 4) is 5.75 Å². The van der Waals surface area contributed by atoms with Crippen LogP contribution < -0.4 is 15.4 Å². The second-order valence-corrected chi connectivity index (χ2v) is 7.44. The third kappa shape index (κ3) is 5.68. The molecule has 0 saturated carbocycles. The van der Waals surface area contributed by atoms with Crippen molar-refractivity contribution >= 4 is 39.8 Å². The molecule has 2 aromatic rings. The van der Waals surface area contributed by atoms with E-state index in [1.54, 1.807) is 7.11 Å². The molecule has 0 aliphatic rings. The number of thioether (sulfide) groups is 1. The Morgan fingerprint density at radius 2 is 2.17 bits per heavy atom. The van der Waals surface area contributed by atoms with Gasteiger partial charge < -0.3 is 15.4 Å². The van der Waals surface area contributed by atoms with Crippen molar-refractivity contribution in [2.45, 2.75) is 37.1 Å². The van der Waals surface area contributed by atoms with Crippen molar-refractivity contribution < 1.29 is 9.53 Å². The van der Waals surface area contributed by atoms with Crippen LogP contribution in [0.5, 0.6) is 5.75 Å². The number of benzene rings is 1. The Balaban J connectivity index is 1.86. The Morgan fingerprint density at radius 1 is 1.38 bits per heavy atom. The molecule has 1 atom stereocenters. The van der Waals surface area contributed by atoms with Crippen molar-refractivity contribution in [3.63, 3.8) is 0 Å². The summed E-state index contributed by atoms with van der Waals surface area (Å²) in [6, 6.07) is 7.82. The van der Waals surface area contributed by atoms with Crippen LogP contribution in [0.1, 0.15) is 26.7 Å². The molecule has 0 saturated heterocycles. The molecule has 0 aliphatic heterocycles. The number of para-hydroxylation sites is 2. The van der Waals surface area contributed by atoms with E-state index in [1.807, 2.05) is 31.2 Å². The minimum Gasteiger partial charge on any atom is -0.495 e. The number of hydrogen-bond acceptors (Lipinski definition) is 7. The number of amides is 1. The van der Waals surface area contributed by atoms with Gasteiger partial charge in [0, 0.05) is 6.04 Å². The van der Waals surface area contributed by atoms with Crippen LogP contribution in [0, 0.1) is 0 Å². The van der Waals surface area contributed by atoms with Gasteiger partial charge >= 0.3 is 0 Å². The van der Waals surface area contributed by atoms with Crippen LogP contribution in [0.2, 0.25) is 0 Å². The van der Waals surface area contributed by atoms with Crippen molar-refractivity contribution in [2.24, 2.45) is 0 Å². The summed E-state index contributed by atoms with van der Waals surface area (Å²) in [4.78, 5) is 11.9. The number of carbonyl (C=O) groups excluding carboxylic acids is 1. The second kappa shape index (κ2) is 9.48. The zero-order valence-electron chi connectivity index (χ0n) is 14.0. The lowest BCUT2D eigenvalue weighted by Crippen LogP contribution is -2.33. The molecule has 24 heavy (non-hydrogen) atoms. The van der Waals surface area contributed by atoms with Gasteiger partial charge in [-0.2, -0.15) is 0 Å². The molecule has 1 aromatic heterocycles. The summed E-state index contributed by atoms with van der Waals surface area (Å²) in [5.41, 5.74) is 0.832. The first kappa shape index (κ1) is 18.5. The Morgan fingerprint density at radius 3 is 2.92 bits per heavy atom. The van der Waals surface area contributed by atoms with Crippen molar-refractivity contribution in [1.82, 2.24) is 15.5 Å². The van der Waals surface area contributed by atoms with Gasteiger partial charge in [-0.3, -0.25) is 4.79 Å². The maximum atomic E-state index is 11.9. The predicted molar refractivity (Wildman–Crippen MR) is 99.4 cm³/mol. The fourth-order valence-corrected chi connectivity index (χ4v) is 3.71. The van der Waals surface area contributed by atoms with Gasteiger partial charge in [0.1, 0.15) is 5.75 Å². The standard InChI is InChI=1S/C16H22N4O2S2/c1-4-7-11(2)17-14(21)10-23-16-20-19-15(24-16)18-12-8-5-6-9-13(12)22-3/h5-6,8-9,11H,4,7,10H2,1-3H3,(H,17,21)(H,18,19)/t11-/m1/s1. The van der Waals surface area contributed by atoms with Crippen LogP contribution in [0.3, 0.4) is 0 Å². The molecule has 0 unspecified atom stereocenters. The van der Waals surface area contributed by atoms with Gasteiger partial charge in [0.2, 0.25) is 11.0 Å². The number of hydrogen-bond donors (Lipinski definition) is 2. The average molecular weight is 367 g/mol. The summed E-state index contributed by atoms with van der Waals surface area (Å²) >= 11 is 2.80. The second-order valence-electron chi connectivity index (χ2n) is 5.24. The Hall–Kier alpha value is -1.80. The van der Waals surface area contributed by atoms with Crippen LogP contribution in [0.25, 0.3) is 0 Å². The normalized spacial score (nSPS) is 11.8. The topological polar surface area (TPSA) is 76.1 Å². The highest BCUT2D eigenvalue weighted by Gasteiger charge is 2.11. The smallest absolute Gasteiger partial charge is 0.230 e. The SMILES string of the molecule is CCC[C@@H](C)NC(=O)CSc1nnc(Nc2ccccc2OC)s1. The van der Waals surface area contributed by atoms with Crippen LogP contribution in [0.15, 0.2) is 28.6 Å². The molecule has 2 rings (SSSR count). The van der Waals surface area contributed by atoms with Crippen molar-refractivity contribution in [2.75, 3.05) is 18.2 Å². The molecule has 0 radical (unpaired) electrons. The molecule has 0 bridgehead atoms. The van der Waals surface area contributed by atoms with Crippen molar-refractivity contribution in [1.29, 1.82) is 0 Å². The highest BCUT2D eigenvalue weighted by molar-refractivity contribution is 8.01. The van der Waals surface area contributed by atoms with Crippen LogP contribution in [0.4, 0.5) is 10.8 Å². The van der Waals surface area contributed by atoms with E-state index in [9.17, 15) is 4.79 Å². The van der Waals surface area contributed by atoms with Crippen LogP contribution in [-0.2, 0) is 4.79 Å². The summed E-state index contributed by atoms with van der Waals surface area (Å²) in [5, 5.41) is 15.0. The van der Waals surface area contributed by atoms with Gasteiger partial charge in [-0.15, -0.1) is 10.2 Å². The molecular formula is C16H22N4O2S2. The average Bonchev–Trinajstić information content (AvgIpc) is 3.01. The first-order valence-electron chi connectivity index (χ1n) is 7.78. The zero-order valence-corrected chi connectivity index (χ0v) is 15.7. The Bertz CT molecular complexity index is 663. The van der Waals surface area contributed by atoms with E-state index in [1.165, 1.54) is 23.1 Å². The molecular weight excluding hydrogens is 344 g/mol. The molecule has 0 fully saturated rings. The molecule has 1 amide bonds.